The van der Waals surface area contributed by atoms with Crippen molar-refractivity contribution >= 4 is 5.91 Å². The molecular weight excluding hydrogens is 316 g/mol. The van der Waals surface area contributed by atoms with Crippen LogP contribution in [0, 0.1) is 13.8 Å². The average molecular weight is 338 g/mol. The SMILES string of the molecule is CCC(C(=O)NCc1ccc(-c2c(C)noc2C)o1)c1ccccc1. The first-order valence-electron chi connectivity index (χ1n) is 8.44. The van der Waals surface area contributed by atoms with E-state index in [2.05, 4.69) is 10.5 Å². The minimum Gasteiger partial charge on any atom is -0.459 e. The predicted molar refractivity (Wildman–Crippen MR) is 95.0 cm³/mol. The van der Waals surface area contributed by atoms with E-state index in [1.54, 1.807) is 0 Å². The number of aromatic nitrogens is 1. The number of aryl methyl sites for hydroxylation is 2. The third-order valence-electron chi connectivity index (χ3n) is 4.30. The maximum atomic E-state index is 12.5. The minimum absolute atomic E-state index is 0.00369. The fraction of sp³-hybridized carbons (Fsp3) is 0.300. The highest BCUT2D eigenvalue weighted by atomic mass is 16.5. The highest BCUT2D eigenvalue weighted by Gasteiger charge is 2.19. The summed E-state index contributed by atoms with van der Waals surface area (Å²) in [4.78, 5) is 12.5. The summed E-state index contributed by atoms with van der Waals surface area (Å²) in [6.07, 6.45) is 0.748. The third kappa shape index (κ3) is 3.65. The van der Waals surface area contributed by atoms with E-state index in [0.29, 0.717) is 18.1 Å². The lowest BCUT2D eigenvalue weighted by Gasteiger charge is -2.14. The number of carbonyl (C=O) groups is 1. The molecule has 5 nitrogen and oxygen atoms in total. The molecule has 1 amide bonds. The molecule has 3 rings (SSSR count). The van der Waals surface area contributed by atoms with Gasteiger partial charge in [0.2, 0.25) is 5.91 Å². The molecule has 0 fully saturated rings. The molecule has 0 saturated heterocycles. The van der Waals surface area contributed by atoms with Gasteiger partial charge in [-0.3, -0.25) is 4.79 Å². The molecular formula is C20H22N2O3. The minimum atomic E-state index is -0.154. The number of rotatable bonds is 6. The van der Waals surface area contributed by atoms with Crippen LogP contribution in [0.2, 0.25) is 0 Å². The number of hydrogen-bond donors (Lipinski definition) is 1. The van der Waals surface area contributed by atoms with Gasteiger partial charge >= 0.3 is 0 Å². The molecule has 0 aliphatic rings. The summed E-state index contributed by atoms with van der Waals surface area (Å²) in [5, 5.41) is 6.90. The number of nitrogens with zero attached hydrogens (tertiary/aromatic N) is 1. The molecule has 0 aliphatic carbocycles. The van der Waals surface area contributed by atoms with Gasteiger partial charge in [-0.1, -0.05) is 42.4 Å². The van der Waals surface area contributed by atoms with Gasteiger partial charge in [0, 0.05) is 0 Å². The zero-order valence-electron chi connectivity index (χ0n) is 14.7. The first-order chi connectivity index (χ1) is 12.1. The first kappa shape index (κ1) is 17.0. The number of amides is 1. The van der Waals surface area contributed by atoms with Gasteiger partial charge in [-0.05, 0) is 38.0 Å². The molecule has 0 aliphatic heterocycles. The summed E-state index contributed by atoms with van der Waals surface area (Å²) in [7, 11) is 0. The predicted octanol–water partition coefficient (Wildman–Crippen LogP) is 4.36. The number of benzene rings is 1. The number of nitrogens with one attached hydrogen (secondary N) is 1. The van der Waals surface area contributed by atoms with E-state index in [-0.39, 0.29) is 11.8 Å². The van der Waals surface area contributed by atoms with E-state index in [9.17, 15) is 4.79 Å². The maximum Gasteiger partial charge on any atom is 0.227 e. The van der Waals surface area contributed by atoms with Crippen molar-refractivity contribution < 1.29 is 13.7 Å². The largest absolute Gasteiger partial charge is 0.459 e. The molecule has 1 N–H and O–H groups in total. The summed E-state index contributed by atoms with van der Waals surface area (Å²) < 4.78 is 11.0. The lowest BCUT2D eigenvalue weighted by atomic mass is 9.96. The van der Waals surface area contributed by atoms with Crippen LogP contribution in [-0.4, -0.2) is 11.1 Å². The second-order valence-electron chi connectivity index (χ2n) is 6.05. The molecule has 2 heterocycles. The topological polar surface area (TPSA) is 68.3 Å². The molecule has 3 aromatic rings. The Bertz CT molecular complexity index is 829. The van der Waals surface area contributed by atoms with Gasteiger partial charge in [-0.25, -0.2) is 0 Å². The first-order valence-corrected chi connectivity index (χ1v) is 8.44. The van der Waals surface area contributed by atoms with Gasteiger partial charge in [0.15, 0.2) is 0 Å². The van der Waals surface area contributed by atoms with Crippen molar-refractivity contribution in [1.82, 2.24) is 10.5 Å². The van der Waals surface area contributed by atoms with Gasteiger partial charge in [-0.2, -0.15) is 0 Å². The van der Waals surface area contributed by atoms with Gasteiger partial charge < -0.3 is 14.3 Å². The molecule has 2 aromatic heterocycles. The number of carbonyl (C=O) groups excluding carboxylic acids is 1. The highest BCUT2D eigenvalue weighted by Crippen LogP contribution is 2.28. The number of furan rings is 1. The average Bonchev–Trinajstić information content (AvgIpc) is 3.21. The Kier molecular flexibility index (Phi) is 5.03. The lowest BCUT2D eigenvalue weighted by Crippen LogP contribution is -2.28. The second kappa shape index (κ2) is 7.38. The molecule has 0 spiro atoms. The van der Waals surface area contributed by atoms with Crippen molar-refractivity contribution in [3.63, 3.8) is 0 Å². The summed E-state index contributed by atoms with van der Waals surface area (Å²) in [5.74, 6) is 1.97. The lowest BCUT2D eigenvalue weighted by molar-refractivity contribution is -0.122. The van der Waals surface area contributed by atoms with Crippen molar-refractivity contribution in [2.75, 3.05) is 0 Å². The van der Waals surface area contributed by atoms with Crippen LogP contribution < -0.4 is 5.32 Å². The molecule has 5 heteroatoms. The maximum absolute atomic E-state index is 12.5. The standard InChI is InChI=1S/C20H22N2O3/c1-4-17(15-8-6-5-7-9-15)20(23)21-12-16-10-11-18(24-16)19-13(2)22-25-14(19)3/h5-11,17H,4,12H2,1-3H3,(H,21,23). The van der Waals surface area contributed by atoms with Crippen LogP contribution in [0.5, 0.6) is 0 Å². The summed E-state index contributed by atoms with van der Waals surface area (Å²) in [6, 6.07) is 13.6. The van der Waals surface area contributed by atoms with Crippen molar-refractivity contribution in [3.05, 3.63) is 65.2 Å². The third-order valence-corrected chi connectivity index (χ3v) is 4.30. The van der Waals surface area contributed by atoms with Crippen LogP contribution in [-0.2, 0) is 11.3 Å². The monoisotopic (exact) mass is 338 g/mol. The van der Waals surface area contributed by atoms with Gasteiger partial charge in [-0.15, -0.1) is 0 Å². The summed E-state index contributed by atoms with van der Waals surface area (Å²) >= 11 is 0. The number of hydrogen-bond acceptors (Lipinski definition) is 4. The fourth-order valence-corrected chi connectivity index (χ4v) is 3.00. The Morgan fingerprint density at radius 1 is 1.16 bits per heavy atom. The van der Waals surface area contributed by atoms with Crippen molar-refractivity contribution in [2.24, 2.45) is 0 Å². The Morgan fingerprint density at radius 2 is 1.92 bits per heavy atom. The van der Waals surface area contributed by atoms with Crippen molar-refractivity contribution in [1.29, 1.82) is 0 Å². The van der Waals surface area contributed by atoms with E-state index in [1.807, 2.05) is 63.2 Å². The highest BCUT2D eigenvalue weighted by molar-refractivity contribution is 5.83. The molecule has 0 bridgehead atoms. The molecule has 130 valence electrons. The van der Waals surface area contributed by atoms with Crippen molar-refractivity contribution in [3.8, 4) is 11.3 Å². The normalized spacial score (nSPS) is 12.1. The van der Waals surface area contributed by atoms with E-state index < -0.39 is 0 Å². The van der Waals surface area contributed by atoms with Gasteiger partial charge in [0.1, 0.15) is 17.3 Å². The summed E-state index contributed by atoms with van der Waals surface area (Å²) in [5.41, 5.74) is 2.68. The Balaban J connectivity index is 1.67. The van der Waals surface area contributed by atoms with Gasteiger partial charge in [0.25, 0.3) is 0 Å². The van der Waals surface area contributed by atoms with Crippen LogP contribution >= 0.6 is 0 Å². The zero-order chi connectivity index (χ0) is 17.8. The quantitative estimate of drug-likeness (QED) is 0.725. The Labute approximate surface area is 147 Å². The van der Waals surface area contributed by atoms with Crippen LogP contribution in [0.25, 0.3) is 11.3 Å². The molecule has 1 unspecified atom stereocenters. The Morgan fingerprint density at radius 3 is 2.56 bits per heavy atom. The molecule has 25 heavy (non-hydrogen) atoms. The van der Waals surface area contributed by atoms with Gasteiger partial charge in [0.05, 0.1) is 23.7 Å². The van der Waals surface area contributed by atoms with E-state index in [1.165, 1.54) is 0 Å². The summed E-state index contributed by atoms with van der Waals surface area (Å²) in [6.45, 7) is 6.09. The molecule has 0 saturated carbocycles. The zero-order valence-corrected chi connectivity index (χ0v) is 14.7. The van der Waals surface area contributed by atoms with E-state index in [0.717, 1.165) is 29.0 Å². The van der Waals surface area contributed by atoms with Crippen molar-refractivity contribution in [2.45, 2.75) is 39.7 Å². The molecule has 1 atom stereocenters. The fourth-order valence-electron chi connectivity index (χ4n) is 3.00. The Hall–Kier alpha value is -2.82. The second-order valence-corrected chi connectivity index (χ2v) is 6.05. The van der Waals surface area contributed by atoms with Crippen LogP contribution in [0.15, 0.2) is 51.4 Å². The van der Waals surface area contributed by atoms with Crippen LogP contribution in [0.3, 0.4) is 0 Å². The van der Waals surface area contributed by atoms with E-state index in [4.69, 9.17) is 8.94 Å². The smallest absolute Gasteiger partial charge is 0.227 e. The molecule has 0 radical (unpaired) electrons. The van der Waals surface area contributed by atoms with Crippen LogP contribution in [0.4, 0.5) is 0 Å². The van der Waals surface area contributed by atoms with E-state index >= 15 is 0 Å². The molecule has 1 aromatic carbocycles. The van der Waals surface area contributed by atoms with Crippen LogP contribution in [0.1, 0.15) is 42.0 Å².